The van der Waals surface area contributed by atoms with Gasteiger partial charge < -0.3 is 9.52 Å². The van der Waals surface area contributed by atoms with Gasteiger partial charge in [-0.05, 0) is 38.3 Å². The van der Waals surface area contributed by atoms with E-state index < -0.39 is 0 Å². The average molecular weight is 154 g/mol. The first-order valence-corrected chi connectivity index (χ1v) is 3.91. The molecule has 0 aliphatic carbocycles. The summed E-state index contributed by atoms with van der Waals surface area (Å²) < 4.78 is 5.33. The van der Waals surface area contributed by atoms with Crippen molar-refractivity contribution in [3.8, 4) is 0 Å². The van der Waals surface area contributed by atoms with Crippen molar-refractivity contribution in [3.63, 3.8) is 0 Å². The first kappa shape index (κ1) is 8.34. The Labute approximate surface area is 66.8 Å². The molecular formula is C9H14O2. The molecule has 1 aromatic rings. The SMILES string of the molecule is Cc1cc(CCCO)c(C)o1. The summed E-state index contributed by atoms with van der Waals surface area (Å²) >= 11 is 0. The normalized spacial score (nSPS) is 10.5. The van der Waals surface area contributed by atoms with Gasteiger partial charge in [-0.25, -0.2) is 0 Å². The third-order valence-electron chi connectivity index (χ3n) is 1.75. The van der Waals surface area contributed by atoms with Gasteiger partial charge in [-0.2, -0.15) is 0 Å². The van der Waals surface area contributed by atoms with Crippen LogP contribution in [0.1, 0.15) is 23.5 Å². The Morgan fingerprint density at radius 1 is 1.45 bits per heavy atom. The van der Waals surface area contributed by atoms with Crippen LogP contribution >= 0.6 is 0 Å². The van der Waals surface area contributed by atoms with Gasteiger partial charge >= 0.3 is 0 Å². The second kappa shape index (κ2) is 3.58. The zero-order valence-electron chi connectivity index (χ0n) is 7.05. The molecule has 1 rings (SSSR count). The van der Waals surface area contributed by atoms with Crippen LogP contribution in [0.2, 0.25) is 0 Å². The van der Waals surface area contributed by atoms with E-state index in [0.29, 0.717) is 0 Å². The molecule has 0 saturated heterocycles. The summed E-state index contributed by atoms with van der Waals surface area (Å²) in [6.07, 6.45) is 1.74. The van der Waals surface area contributed by atoms with E-state index in [2.05, 4.69) is 0 Å². The molecule has 0 bridgehead atoms. The van der Waals surface area contributed by atoms with Crippen LogP contribution in [-0.4, -0.2) is 11.7 Å². The topological polar surface area (TPSA) is 33.4 Å². The van der Waals surface area contributed by atoms with Crippen LogP contribution < -0.4 is 0 Å². The molecular weight excluding hydrogens is 140 g/mol. The standard InChI is InChI=1S/C9H14O2/c1-7-6-9(4-3-5-10)8(2)11-7/h6,10H,3-5H2,1-2H3. The Hall–Kier alpha value is -0.760. The molecule has 11 heavy (non-hydrogen) atoms. The Balaban J connectivity index is 2.62. The van der Waals surface area contributed by atoms with Crippen LogP contribution in [0.3, 0.4) is 0 Å². The van der Waals surface area contributed by atoms with Gasteiger partial charge in [0.05, 0.1) is 0 Å². The fourth-order valence-corrected chi connectivity index (χ4v) is 1.20. The molecule has 0 unspecified atom stereocenters. The molecule has 1 aromatic heterocycles. The van der Waals surface area contributed by atoms with Crippen molar-refractivity contribution in [1.29, 1.82) is 0 Å². The minimum atomic E-state index is 0.254. The molecule has 2 heteroatoms. The smallest absolute Gasteiger partial charge is 0.104 e. The van der Waals surface area contributed by atoms with Crippen LogP contribution in [0.25, 0.3) is 0 Å². The minimum absolute atomic E-state index is 0.254. The predicted molar refractivity (Wildman–Crippen MR) is 43.6 cm³/mol. The number of hydrogen-bond acceptors (Lipinski definition) is 2. The van der Waals surface area contributed by atoms with E-state index in [-0.39, 0.29) is 6.61 Å². The average Bonchev–Trinajstić information content (AvgIpc) is 2.26. The van der Waals surface area contributed by atoms with Crippen molar-refractivity contribution in [2.75, 3.05) is 6.61 Å². The maximum atomic E-state index is 8.59. The molecule has 0 aliphatic heterocycles. The second-order valence-corrected chi connectivity index (χ2v) is 2.77. The maximum Gasteiger partial charge on any atom is 0.104 e. The monoisotopic (exact) mass is 154 g/mol. The fraction of sp³-hybridized carbons (Fsp3) is 0.556. The van der Waals surface area contributed by atoms with Crippen LogP contribution in [0, 0.1) is 13.8 Å². The Kier molecular flexibility index (Phi) is 2.71. The Morgan fingerprint density at radius 3 is 2.64 bits per heavy atom. The van der Waals surface area contributed by atoms with Gasteiger partial charge in [0.25, 0.3) is 0 Å². The maximum absolute atomic E-state index is 8.59. The van der Waals surface area contributed by atoms with Gasteiger partial charge in [0.2, 0.25) is 0 Å². The fourth-order valence-electron chi connectivity index (χ4n) is 1.20. The van der Waals surface area contributed by atoms with Crippen LogP contribution in [-0.2, 0) is 6.42 Å². The molecule has 0 aromatic carbocycles. The molecule has 0 spiro atoms. The molecule has 1 N–H and O–H groups in total. The molecule has 2 nitrogen and oxygen atoms in total. The number of aliphatic hydroxyl groups excluding tert-OH is 1. The zero-order valence-corrected chi connectivity index (χ0v) is 7.05. The van der Waals surface area contributed by atoms with Gasteiger partial charge in [-0.15, -0.1) is 0 Å². The molecule has 1 heterocycles. The summed E-state index contributed by atoms with van der Waals surface area (Å²) in [5, 5.41) is 8.59. The first-order chi connectivity index (χ1) is 5.24. The van der Waals surface area contributed by atoms with E-state index in [0.717, 1.165) is 24.4 Å². The summed E-state index contributed by atoms with van der Waals surface area (Å²) in [6, 6.07) is 2.03. The number of aryl methyl sites for hydroxylation is 3. The van der Waals surface area contributed by atoms with E-state index in [1.807, 2.05) is 19.9 Å². The summed E-state index contributed by atoms with van der Waals surface area (Å²) in [4.78, 5) is 0. The minimum Gasteiger partial charge on any atom is -0.466 e. The van der Waals surface area contributed by atoms with E-state index in [4.69, 9.17) is 9.52 Å². The van der Waals surface area contributed by atoms with Gasteiger partial charge in [-0.1, -0.05) is 0 Å². The molecule has 0 aliphatic rings. The highest BCUT2D eigenvalue weighted by atomic mass is 16.3. The van der Waals surface area contributed by atoms with E-state index in [1.165, 1.54) is 5.56 Å². The zero-order chi connectivity index (χ0) is 8.27. The van der Waals surface area contributed by atoms with Crippen molar-refractivity contribution < 1.29 is 9.52 Å². The highest BCUT2D eigenvalue weighted by Gasteiger charge is 2.02. The highest BCUT2D eigenvalue weighted by molar-refractivity contribution is 5.19. The van der Waals surface area contributed by atoms with E-state index >= 15 is 0 Å². The van der Waals surface area contributed by atoms with E-state index in [1.54, 1.807) is 0 Å². The first-order valence-electron chi connectivity index (χ1n) is 3.91. The number of rotatable bonds is 3. The van der Waals surface area contributed by atoms with Crippen LogP contribution in [0.5, 0.6) is 0 Å². The molecule has 0 amide bonds. The summed E-state index contributed by atoms with van der Waals surface area (Å²) in [5.74, 6) is 1.94. The van der Waals surface area contributed by atoms with E-state index in [9.17, 15) is 0 Å². The Morgan fingerprint density at radius 2 is 2.18 bits per heavy atom. The highest BCUT2D eigenvalue weighted by Crippen LogP contribution is 2.14. The van der Waals surface area contributed by atoms with Gasteiger partial charge in [0.15, 0.2) is 0 Å². The van der Waals surface area contributed by atoms with Crippen LogP contribution in [0.15, 0.2) is 10.5 Å². The van der Waals surface area contributed by atoms with Gasteiger partial charge in [0, 0.05) is 6.61 Å². The van der Waals surface area contributed by atoms with Crippen molar-refractivity contribution in [2.24, 2.45) is 0 Å². The molecule has 62 valence electrons. The molecule has 0 saturated carbocycles. The second-order valence-electron chi connectivity index (χ2n) is 2.77. The largest absolute Gasteiger partial charge is 0.466 e. The van der Waals surface area contributed by atoms with Crippen molar-refractivity contribution in [3.05, 3.63) is 23.2 Å². The molecule has 0 atom stereocenters. The third-order valence-corrected chi connectivity index (χ3v) is 1.75. The van der Waals surface area contributed by atoms with Crippen molar-refractivity contribution in [1.82, 2.24) is 0 Å². The Bertz CT molecular complexity index is 225. The van der Waals surface area contributed by atoms with Crippen molar-refractivity contribution in [2.45, 2.75) is 26.7 Å². The number of aliphatic hydroxyl groups is 1. The molecule has 0 fully saturated rings. The lowest BCUT2D eigenvalue weighted by Gasteiger charge is -1.93. The number of hydrogen-bond donors (Lipinski definition) is 1. The summed E-state index contributed by atoms with van der Waals surface area (Å²) in [7, 11) is 0. The van der Waals surface area contributed by atoms with Gasteiger partial charge in [-0.3, -0.25) is 0 Å². The summed E-state index contributed by atoms with van der Waals surface area (Å²) in [6.45, 7) is 4.15. The van der Waals surface area contributed by atoms with Crippen molar-refractivity contribution >= 4 is 0 Å². The van der Waals surface area contributed by atoms with Crippen LogP contribution in [0.4, 0.5) is 0 Å². The lowest BCUT2D eigenvalue weighted by molar-refractivity contribution is 0.288. The summed E-state index contributed by atoms with van der Waals surface area (Å²) in [5.41, 5.74) is 1.22. The lowest BCUT2D eigenvalue weighted by atomic mass is 10.1. The lowest BCUT2D eigenvalue weighted by Crippen LogP contribution is -1.88. The predicted octanol–water partition coefficient (Wildman–Crippen LogP) is 1.82. The number of furan rings is 1. The van der Waals surface area contributed by atoms with Gasteiger partial charge in [0.1, 0.15) is 11.5 Å². The third kappa shape index (κ3) is 2.09. The molecule has 0 radical (unpaired) electrons. The quantitative estimate of drug-likeness (QED) is 0.720.